The van der Waals surface area contributed by atoms with Crippen LogP contribution in [0.2, 0.25) is 0 Å². The molecule has 2 aromatic rings. The second kappa shape index (κ2) is 7.39. The van der Waals surface area contributed by atoms with Crippen molar-refractivity contribution in [2.45, 2.75) is 19.3 Å². The first-order chi connectivity index (χ1) is 13.2. The van der Waals surface area contributed by atoms with E-state index in [1.807, 2.05) is 15.9 Å². The number of hydrogen-bond donors (Lipinski definition) is 1. The monoisotopic (exact) mass is 367 g/mol. The number of H-pyrrole nitrogens is 1. The zero-order chi connectivity index (χ0) is 18.8. The molecule has 0 aliphatic carbocycles. The van der Waals surface area contributed by atoms with Crippen LogP contribution in [-0.2, 0) is 4.79 Å². The summed E-state index contributed by atoms with van der Waals surface area (Å²) in [6.45, 7) is 2.62. The van der Waals surface area contributed by atoms with Gasteiger partial charge in [-0.3, -0.25) is 9.89 Å². The van der Waals surface area contributed by atoms with Crippen molar-refractivity contribution >= 4 is 11.6 Å². The van der Waals surface area contributed by atoms with Crippen molar-refractivity contribution in [3.05, 3.63) is 36.4 Å². The van der Waals surface area contributed by atoms with Crippen molar-refractivity contribution in [3.63, 3.8) is 0 Å². The Kier molecular flexibility index (Phi) is 4.80. The highest BCUT2D eigenvalue weighted by molar-refractivity contribution is 5.78. The summed E-state index contributed by atoms with van der Waals surface area (Å²) >= 11 is 0. The summed E-state index contributed by atoms with van der Waals surface area (Å²) in [7, 11) is 0. The number of halogens is 1. The van der Waals surface area contributed by atoms with Gasteiger partial charge in [0.1, 0.15) is 5.82 Å². The topological polar surface area (TPSA) is 76.0 Å². The summed E-state index contributed by atoms with van der Waals surface area (Å²) in [5.74, 6) is -0.157. The number of rotatable bonds is 4. The summed E-state index contributed by atoms with van der Waals surface area (Å²) in [5, 5.41) is 16.2. The molecule has 6 nitrogen and oxygen atoms in total. The fourth-order valence-corrected chi connectivity index (χ4v) is 4.12. The van der Waals surface area contributed by atoms with E-state index in [0.29, 0.717) is 31.7 Å². The molecule has 0 radical (unpaired) electrons. The van der Waals surface area contributed by atoms with Crippen LogP contribution in [-0.4, -0.2) is 47.2 Å². The number of nitrogens with zero attached hydrogens (tertiary/aromatic N) is 4. The average Bonchev–Trinajstić information content (AvgIpc) is 3.35. The first kappa shape index (κ1) is 17.5. The summed E-state index contributed by atoms with van der Waals surface area (Å²) < 4.78 is 14.7. The van der Waals surface area contributed by atoms with E-state index in [9.17, 15) is 14.4 Å². The van der Waals surface area contributed by atoms with Crippen molar-refractivity contribution in [1.82, 2.24) is 15.1 Å². The van der Waals surface area contributed by atoms with Gasteiger partial charge in [0.15, 0.2) is 0 Å². The summed E-state index contributed by atoms with van der Waals surface area (Å²) in [5.41, 5.74) is 2.13. The maximum Gasteiger partial charge on any atom is 0.222 e. The minimum absolute atomic E-state index is 0.154. The molecular formula is C20H22FN5O. The maximum atomic E-state index is 14.7. The van der Waals surface area contributed by atoms with Gasteiger partial charge in [0.05, 0.1) is 23.9 Å². The molecule has 140 valence electrons. The number of nitrogens with one attached hydrogen (secondary N) is 1. The average molecular weight is 367 g/mol. The number of hydrogen-bond acceptors (Lipinski definition) is 4. The number of aromatic amines is 1. The number of aromatic nitrogens is 2. The molecule has 2 fully saturated rings. The first-order valence-electron chi connectivity index (χ1n) is 9.37. The van der Waals surface area contributed by atoms with E-state index in [2.05, 4.69) is 16.3 Å². The third kappa shape index (κ3) is 3.52. The predicted molar refractivity (Wildman–Crippen MR) is 99.2 cm³/mol. The van der Waals surface area contributed by atoms with Crippen molar-refractivity contribution in [1.29, 1.82) is 5.26 Å². The lowest BCUT2D eigenvalue weighted by molar-refractivity contribution is -0.128. The van der Waals surface area contributed by atoms with Crippen LogP contribution in [0, 0.1) is 29.0 Å². The van der Waals surface area contributed by atoms with Gasteiger partial charge in [0.2, 0.25) is 5.91 Å². The van der Waals surface area contributed by atoms with E-state index < -0.39 is 0 Å². The SMILES string of the molecule is N#CC1CN(c2ccc(-c3cn[nH]c3)cc2F)CCC1CN1CCCC1=O. The van der Waals surface area contributed by atoms with Gasteiger partial charge >= 0.3 is 0 Å². The number of carbonyl (C=O) groups excluding carboxylic acids is 1. The van der Waals surface area contributed by atoms with E-state index >= 15 is 0 Å². The molecule has 3 heterocycles. The smallest absolute Gasteiger partial charge is 0.222 e. The van der Waals surface area contributed by atoms with E-state index in [1.165, 1.54) is 6.07 Å². The van der Waals surface area contributed by atoms with Gasteiger partial charge in [0, 0.05) is 44.4 Å². The first-order valence-corrected chi connectivity index (χ1v) is 9.37. The molecule has 7 heteroatoms. The minimum Gasteiger partial charge on any atom is -0.368 e. The molecule has 0 spiro atoms. The third-order valence-corrected chi connectivity index (χ3v) is 5.67. The minimum atomic E-state index is -0.293. The molecule has 2 aliphatic heterocycles. The highest BCUT2D eigenvalue weighted by Gasteiger charge is 2.33. The van der Waals surface area contributed by atoms with Gasteiger partial charge in [-0.15, -0.1) is 0 Å². The molecule has 2 aliphatic rings. The summed E-state index contributed by atoms with van der Waals surface area (Å²) in [6, 6.07) is 7.54. The van der Waals surface area contributed by atoms with Crippen LogP contribution in [0.15, 0.2) is 30.6 Å². The normalized spacial score (nSPS) is 22.9. The van der Waals surface area contributed by atoms with Gasteiger partial charge in [-0.1, -0.05) is 6.07 Å². The number of carbonyl (C=O) groups is 1. The molecule has 1 aromatic heterocycles. The largest absolute Gasteiger partial charge is 0.368 e. The highest BCUT2D eigenvalue weighted by atomic mass is 19.1. The van der Waals surface area contributed by atoms with E-state index in [1.54, 1.807) is 18.5 Å². The molecule has 2 atom stereocenters. The number of piperidine rings is 1. The van der Waals surface area contributed by atoms with Gasteiger partial charge in [0.25, 0.3) is 0 Å². The molecule has 1 aromatic carbocycles. The lowest BCUT2D eigenvalue weighted by Gasteiger charge is -2.38. The molecule has 2 unspecified atom stereocenters. The Labute approximate surface area is 157 Å². The molecule has 2 saturated heterocycles. The number of benzene rings is 1. The summed E-state index contributed by atoms with van der Waals surface area (Å²) in [4.78, 5) is 15.7. The predicted octanol–water partition coefficient (Wildman–Crippen LogP) is 2.80. The second-order valence-electron chi connectivity index (χ2n) is 7.33. The Bertz CT molecular complexity index is 860. The fourth-order valence-electron chi connectivity index (χ4n) is 4.12. The van der Waals surface area contributed by atoms with Crippen LogP contribution in [0.3, 0.4) is 0 Å². The quantitative estimate of drug-likeness (QED) is 0.902. The van der Waals surface area contributed by atoms with Gasteiger partial charge in [-0.2, -0.15) is 10.4 Å². The van der Waals surface area contributed by atoms with Crippen LogP contribution in [0.25, 0.3) is 11.1 Å². The number of nitriles is 1. The molecule has 0 bridgehead atoms. The fraction of sp³-hybridized carbons (Fsp3) is 0.450. The van der Waals surface area contributed by atoms with Crippen molar-refractivity contribution in [2.24, 2.45) is 11.8 Å². The summed E-state index contributed by atoms with van der Waals surface area (Å²) in [6.07, 6.45) is 5.69. The Morgan fingerprint density at radius 3 is 2.89 bits per heavy atom. The van der Waals surface area contributed by atoms with E-state index in [0.717, 1.165) is 30.5 Å². The van der Waals surface area contributed by atoms with Crippen LogP contribution in [0.5, 0.6) is 0 Å². The molecule has 4 rings (SSSR count). The zero-order valence-corrected chi connectivity index (χ0v) is 15.1. The maximum absolute atomic E-state index is 14.7. The second-order valence-corrected chi connectivity index (χ2v) is 7.33. The van der Waals surface area contributed by atoms with Gasteiger partial charge in [-0.25, -0.2) is 4.39 Å². The third-order valence-electron chi connectivity index (χ3n) is 5.67. The molecule has 27 heavy (non-hydrogen) atoms. The standard InChI is InChI=1S/C20H22FN5O/c21-18-8-14(17-10-23-24-11-17)3-4-19(18)25-7-5-15(16(9-22)13-25)12-26-6-1-2-20(26)27/h3-4,8,10-11,15-16H,1-2,5-7,12-13H2,(H,23,24). The Hall–Kier alpha value is -2.88. The van der Waals surface area contributed by atoms with E-state index in [4.69, 9.17) is 0 Å². The van der Waals surface area contributed by atoms with Crippen LogP contribution in [0.1, 0.15) is 19.3 Å². The van der Waals surface area contributed by atoms with Crippen molar-refractivity contribution < 1.29 is 9.18 Å². The number of amides is 1. The van der Waals surface area contributed by atoms with Gasteiger partial charge < -0.3 is 9.80 Å². The highest BCUT2D eigenvalue weighted by Crippen LogP contribution is 2.32. The Morgan fingerprint density at radius 2 is 2.22 bits per heavy atom. The number of anilines is 1. The van der Waals surface area contributed by atoms with Crippen molar-refractivity contribution in [2.75, 3.05) is 31.1 Å². The van der Waals surface area contributed by atoms with Crippen molar-refractivity contribution in [3.8, 4) is 17.2 Å². The molecule has 1 N–H and O–H groups in total. The molecular weight excluding hydrogens is 345 g/mol. The van der Waals surface area contributed by atoms with Gasteiger partial charge in [-0.05, 0) is 36.5 Å². The Balaban J connectivity index is 1.46. The number of likely N-dealkylation sites (tertiary alicyclic amines) is 1. The lowest BCUT2D eigenvalue weighted by atomic mass is 9.85. The molecule has 1 amide bonds. The molecule has 0 saturated carbocycles. The van der Waals surface area contributed by atoms with E-state index in [-0.39, 0.29) is 23.6 Å². The van der Waals surface area contributed by atoms with Crippen LogP contribution >= 0.6 is 0 Å². The van der Waals surface area contributed by atoms with Crippen LogP contribution in [0.4, 0.5) is 10.1 Å². The Morgan fingerprint density at radius 1 is 1.33 bits per heavy atom. The van der Waals surface area contributed by atoms with Crippen LogP contribution < -0.4 is 4.90 Å². The lowest BCUT2D eigenvalue weighted by Crippen LogP contribution is -2.44. The zero-order valence-electron chi connectivity index (χ0n) is 15.1.